The summed E-state index contributed by atoms with van der Waals surface area (Å²) in [7, 11) is 0. The first-order valence-electron chi connectivity index (χ1n) is 8.79. The number of oxazole rings is 1. The molecule has 0 unspecified atom stereocenters. The number of thiophene rings is 1. The zero-order valence-electron chi connectivity index (χ0n) is 13.9. The molecular formula is C18H25N3O2S. The first-order valence-corrected chi connectivity index (χ1v) is 9.67. The Kier molecular flexibility index (Phi) is 6.43. The van der Waals surface area contributed by atoms with Crippen LogP contribution in [0.2, 0.25) is 0 Å². The third kappa shape index (κ3) is 5.18. The summed E-state index contributed by atoms with van der Waals surface area (Å²) in [5.74, 6) is 0.575. The molecule has 1 amide bonds. The minimum Gasteiger partial charge on any atom is -0.444 e. The average molecular weight is 347 g/mol. The smallest absolute Gasteiger partial charge is 0.236 e. The van der Waals surface area contributed by atoms with Crippen LogP contribution in [0, 0.1) is 0 Å². The van der Waals surface area contributed by atoms with Crippen molar-refractivity contribution in [3.8, 4) is 10.8 Å². The van der Waals surface area contributed by atoms with Crippen LogP contribution < -0.4 is 10.6 Å². The Bertz CT molecular complexity index is 616. The van der Waals surface area contributed by atoms with E-state index in [9.17, 15) is 4.79 Å². The summed E-state index contributed by atoms with van der Waals surface area (Å²) in [4.78, 5) is 17.3. The lowest BCUT2D eigenvalue weighted by atomic mass is 10.1. The maximum Gasteiger partial charge on any atom is 0.236 e. The van der Waals surface area contributed by atoms with Crippen LogP contribution in [-0.2, 0) is 11.2 Å². The van der Waals surface area contributed by atoms with Gasteiger partial charge in [0.05, 0.1) is 17.0 Å². The number of aromatic nitrogens is 1. The molecule has 0 saturated heterocycles. The van der Waals surface area contributed by atoms with E-state index in [1.54, 1.807) is 17.6 Å². The van der Waals surface area contributed by atoms with Gasteiger partial charge in [0.2, 0.25) is 11.8 Å². The van der Waals surface area contributed by atoms with E-state index in [-0.39, 0.29) is 12.3 Å². The van der Waals surface area contributed by atoms with Crippen molar-refractivity contribution >= 4 is 17.2 Å². The molecule has 0 spiro atoms. The van der Waals surface area contributed by atoms with Crippen LogP contribution in [0.5, 0.6) is 0 Å². The number of hydrogen-bond donors (Lipinski definition) is 2. The molecule has 6 heteroatoms. The lowest BCUT2D eigenvalue weighted by Gasteiger charge is -2.16. The van der Waals surface area contributed by atoms with Gasteiger partial charge in [0, 0.05) is 19.1 Å². The second kappa shape index (κ2) is 8.99. The lowest BCUT2D eigenvalue weighted by molar-refractivity contribution is -0.120. The van der Waals surface area contributed by atoms with Crippen molar-refractivity contribution < 1.29 is 9.21 Å². The average Bonchev–Trinajstić information content (AvgIpc) is 3.19. The number of rotatable bonds is 7. The van der Waals surface area contributed by atoms with Crippen LogP contribution in [0.1, 0.15) is 44.2 Å². The Labute approximate surface area is 146 Å². The van der Waals surface area contributed by atoms with Crippen molar-refractivity contribution in [1.29, 1.82) is 0 Å². The summed E-state index contributed by atoms with van der Waals surface area (Å²) < 4.78 is 5.43. The molecule has 1 aliphatic carbocycles. The summed E-state index contributed by atoms with van der Waals surface area (Å²) in [6.45, 7) is 1.49. The molecule has 0 radical (unpaired) electrons. The SMILES string of the molecule is O=C(Cc1coc(-c2cccs2)n1)NCCNC1CCCCCC1. The first kappa shape index (κ1) is 17.2. The third-order valence-electron chi connectivity index (χ3n) is 4.36. The van der Waals surface area contributed by atoms with E-state index in [1.807, 2.05) is 17.5 Å². The Balaban J connectivity index is 1.35. The maximum absolute atomic E-state index is 12.0. The Morgan fingerprint density at radius 1 is 1.25 bits per heavy atom. The predicted octanol–water partition coefficient (Wildman–Crippen LogP) is 3.37. The molecule has 0 atom stereocenters. The Morgan fingerprint density at radius 3 is 2.83 bits per heavy atom. The second-order valence-electron chi connectivity index (χ2n) is 6.29. The zero-order valence-corrected chi connectivity index (χ0v) is 14.7. The third-order valence-corrected chi connectivity index (χ3v) is 5.22. The van der Waals surface area contributed by atoms with Crippen LogP contribution in [0.3, 0.4) is 0 Å². The van der Waals surface area contributed by atoms with Gasteiger partial charge in [0.15, 0.2) is 0 Å². The largest absolute Gasteiger partial charge is 0.444 e. The van der Waals surface area contributed by atoms with Crippen LogP contribution in [0.25, 0.3) is 10.8 Å². The fourth-order valence-corrected chi connectivity index (χ4v) is 3.75. The molecule has 1 saturated carbocycles. The molecular weight excluding hydrogens is 322 g/mol. The summed E-state index contributed by atoms with van der Waals surface area (Å²) in [6, 6.07) is 4.53. The molecule has 2 aromatic rings. The van der Waals surface area contributed by atoms with Gasteiger partial charge in [-0.25, -0.2) is 4.98 Å². The first-order chi connectivity index (χ1) is 11.8. The minimum absolute atomic E-state index is 0.0105. The number of amides is 1. The van der Waals surface area contributed by atoms with Crippen LogP contribution in [0.15, 0.2) is 28.2 Å². The predicted molar refractivity (Wildman–Crippen MR) is 96.0 cm³/mol. The summed E-state index contributed by atoms with van der Waals surface area (Å²) in [5, 5.41) is 8.49. The molecule has 1 fully saturated rings. The lowest BCUT2D eigenvalue weighted by Crippen LogP contribution is -2.37. The molecule has 3 rings (SSSR count). The molecule has 2 heterocycles. The van der Waals surface area contributed by atoms with Gasteiger partial charge in [-0.05, 0) is 24.3 Å². The van der Waals surface area contributed by atoms with Crippen LogP contribution in [0.4, 0.5) is 0 Å². The van der Waals surface area contributed by atoms with E-state index in [0.29, 0.717) is 24.2 Å². The Morgan fingerprint density at radius 2 is 2.08 bits per heavy atom. The summed E-state index contributed by atoms with van der Waals surface area (Å²) in [6.07, 6.45) is 9.72. The van der Waals surface area contributed by atoms with Gasteiger partial charge in [-0.2, -0.15) is 0 Å². The van der Waals surface area contributed by atoms with Gasteiger partial charge in [0.1, 0.15) is 6.26 Å². The van der Waals surface area contributed by atoms with Gasteiger partial charge in [-0.3, -0.25) is 4.79 Å². The molecule has 5 nitrogen and oxygen atoms in total. The summed E-state index contributed by atoms with van der Waals surface area (Å²) in [5.41, 5.74) is 0.674. The van der Waals surface area contributed by atoms with Gasteiger partial charge in [-0.15, -0.1) is 11.3 Å². The molecule has 0 bridgehead atoms. The topological polar surface area (TPSA) is 67.2 Å². The van der Waals surface area contributed by atoms with E-state index < -0.39 is 0 Å². The van der Waals surface area contributed by atoms with Crippen LogP contribution >= 0.6 is 11.3 Å². The van der Waals surface area contributed by atoms with E-state index in [0.717, 1.165) is 11.4 Å². The number of hydrogen-bond acceptors (Lipinski definition) is 5. The van der Waals surface area contributed by atoms with E-state index in [2.05, 4.69) is 15.6 Å². The molecule has 2 N–H and O–H groups in total. The maximum atomic E-state index is 12.0. The molecule has 2 aromatic heterocycles. The van der Waals surface area contributed by atoms with Crippen molar-refractivity contribution in [2.24, 2.45) is 0 Å². The van der Waals surface area contributed by atoms with E-state index in [4.69, 9.17) is 4.42 Å². The molecule has 0 aromatic carbocycles. The molecule has 130 valence electrons. The van der Waals surface area contributed by atoms with Crippen molar-refractivity contribution in [2.45, 2.75) is 51.0 Å². The normalized spacial score (nSPS) is 16.0. The minimum atomic E-state index is -0.0105. The monoisotopic (exact) mass is 347 g/mol. The standard InChI is InChI=1S/C18H25N3O2S/c22-17(20-10-9-19-14-6-3-1-2-4-7-14)12-15-13-23-18(21-15)16-8-5-11-24-16/h5,8,11,13-14,19H,1-4,6-7,9-10,12H2,(H,20,22). The molecule has 1 aliphatic rings. The number of nitrogens with zero attached hydrogens (tertiary/aromatic N) is 1. The number of carbonyl (C=O) groups is 1. The van der Waals surface area contributed by atoms with Gasteiger partial charge in [0.25, 0.3) is 0 Å². The summed E-state index contributed by atoms with van der Waals surface area (Å²) >= 11 is 1.57. The number of nitrogens with one attached hydrogen (secondary N) is 2. The highest BCUT2D eigenvalue weighted by Crippen LogP contribution is 2.23. The van der Waals surface area contributed by atoms with E-state index in [1.165, 1.54) is 38.5 Å². The zero-order chi connectivity index (χ0) is 16.6. The van der Waals surface area contributed by atoms with Gasteiger partial charge >= 0.3 is 0 Å². The van der Waals surface area contributed by atoms with Crippen molar-refractivity contribution in [2.75, 3.05) is 13.1 Å². The van der Waals surface area contributed by atoms with Crippen LogP contribution in [-0.4, -0.2) is 30.0 Å². The van der Waals surface area contributed by atoms with Gasteiger partial charge in [-0.1, -0.05) is 31.7 Å². The fourth-order valence-electron chi connectivity index (χ4n) is 3.09. The van der Waals surface area contributed by atoms with Crippen molar-refractivity contribution in [3.05, 3.63) is 29.5 Å². The fraction of sp³-hybridized carbons (Fsp3) is 0.556. The second-order valence-corrected chi connectivity index (χ2v) is 7.24. The highest BCUT2D eigenvalue weighted by molar-refractivity contribution is 7.13. The Hall–Kier alpha value is -1.66. The quantitative estimate of drug-likeness (QED) is 0.595. The van der Waals surface area contributed by atoms with Gasteiger partial charge < -0.3 is 15.1 Å². The van der Waals surface area contributed by atoms with Crippen molar-refractivity contribution in [1.82, 2.24) is 15.6 Å². The number of carbonyl (C=O) groups excluding carboxylic acids is 1. The highest BCUT2D eigenvalue weighted by atomic mass is 32.1. The van der Waals surface area contributed by atoms with E-state index >= 15 is 0 Å². The molecule has 0 aliphatic heterocycles. The molecule has 24 heavy (non-hydrogen) atoms. The van der Waals surface area contributed by atoms with Crippen molar-refractivity contribution in [3.63, 3.8) is 0 Å². The highest BCUT2D eigenvalue weighted by Gasteiger charge is 2.12.